The molecule has 1 unspecified atom stereocenters. The SMILES string of the molecule is CC(CC(=O)c1ncnc(OCCN(C)C)c1Cl)c1ncc(C(=O)Nc2ccc(Cl)c(C(F)(F)F)c2)s1. The minimum absolute atomic E-state index is 0.00539. The number of rotatable bonds is 10. The number of nitrogens with one attached hydrogen (secondary N) is 1. The Labute approximate surface area is 224 Å². The van der Waals surface area contributed by atoms with Crippen molar-refractivity contribution in [1.29, 1.82) is 0 Å². The van der Waals surface area contributed by atoms with Gasteiger partial charge in [0.25, 0.3) is 5.91 Å². The van der Waals surface area contributed by atoms with Crippen molar-refractivity contribution < 1.29 is 27.5 Å². The number of Topliss-reactive ketones (excluding diaryl/α,β-unsaturated/α-hetero) is 1. The normalized spacial score (nSPS) is 12.5. The van der Waals surface area contributed by atoms with Gasteiger partial charge in [0.2, 0.25) is 5.88 Å². The highest BCUT2D eigenvalue weighted by molar-refractivity contribution is 7.13. The van der Waals surface area contributed by atoms with E-state index in [4.69, 9.17) is 27.9 Å². The molecule has 0 radical (unpaired) electrons. The Kier molecular flexibility index (Phi) is 9.46. The van der Waals surface area contributed by atoms with Crippen molar-refractivity contribution in [3.8, 4) is 5.88 Å². The summed E-state index contributed by atoms with van der Waals surface area (Å²) in [6.07, 6.45) is -2.18. The van der Waals surface area contributed by atoms with Crippen LogP contribution >= 0.6 is 34.5 Å². The summed E-state index contributed by atoms with van der Waals surface area (Å²) in [5.74, 6) is -1.29. The second-order valence-electron chi connectivity index (χ2n) is 8.23. The van der Waals surface area contributed by atoms with Gasteiger partial charge in [0, 0.05) is 24.6 Å². The third-order valence-electron chi connectivity index (χ3n) is 4.99. The number of thiazole rings is 1. The second kappa shape index (κ2) is 12.2. The van der Waals surface area contributed by atoms with Gasteiger partial charge in [-0.2, -0.15) is 13.2 Å². The van der Waals surface area contributed by atoms with Gasteiger partial charge in [-0.3, -0.25) is 9.59 Å². The van der Waals surface area contributed by atoms with Crippen molar-refractivity contribution in [2.75, 3.05) is 32.6 Å². The van der Waals surface area contributed by atoms with Crippen LogP contribution in [-0.4, -0.2) is 58.8 Å². The fraction of sp³-hybridized carbons (Fsp3) is 0.348. The number of ether oxygens (including phenoxy) is 1. The molecule has 0 aliphatic carbocycles. The van der Waals surface area contributed by atoms with Crippen molar-refractivity contribution >= 4 is 51.9 Å². The van der Waals surface area contributed by atoms with E-state index in [2.05, 4.69) is 20.3 Å². The molecule has 1 aromatic carbocycles. The van der Waals surface area contributed by atoms with E-state index in [1.165, 1.54) is 18.6 Å². The van der Waals surface area contributed by atoms with Crippen LogP contribution in [0.25, 0.3) is 0 Å². The molecule has 1 N–H and O–H groups in total. The highest BCUT2D eigenvalue weighted by atomic mass is 35.5. The summed E-state index contributed by atoms with van der Waals surface area (Å²) in [4.78, 5) is 39.7. The predicted molar refractivity (Wildman–Crippen MR) is 135 cm³/mol. The largest absolute Gasteiger partial charge is 0.475 e. The van der Waals surface area contributed by atoms with Crippen LogP contribution in [0, 0.1) is 0 Å². The van der Waals surface area contributed by atoms with Crippen LogP contribution in [0.15, 0.2) is 30.7 Å². The molecule has 198 valence electrons. The predicted octanol–water partition coefficient (Wildman–Crippen LogP) is 5.83. The maximum absolute atomic E-state index is 13.1. The standard InChI is InChI=1S/C23H22Cl2F3N5O3S/c1-12(8-16(34)19-18(25)21(31-11-30-19)36-7-6-33(2)3)22-29-10-17(37-22)20(35)32-13-4-5-15(24)14(9-13)23(26,27)28/h4-5,9-12H,6-8H2,1-3H3,(H,32,35). The number of alkyl halides is 3. The number of benzene rings is 1. The number of ketones is 1. The molecule has 1 amide bonds. The number of nitrogens with zero attached hydrogens (tertiary/aromatic N) is 4. The molecule has 0 aliphatic heterocycles. The van der Waals surface area contributed by atoms with Crippen LogP contribution in [0.1, 0.15) is 50.0 Å². The molecule has 8 nitrogen and oxygen atoms in total. The van der Waals surface area contributed by atoms with Gasteiger partial charge in [0.05, 0.1) is 21.8 Å². The quantitative estimate of drug-likeness (QED) is 0.304. The van der Waals surface area contributed by atoms with E-state index in [0.717, 1.165) is 23.5 Å². The van der Waals surface area contributed by atoms with Crippen LogP contribution in [0.4, 0.5) is 18.9 Å². The first-order valence-corrected chi connectivity index (χ1v) is 12.4. The molecule has 2 heterocycles. The van der Waals surface area contributed by atoms with Gasteiger partial charge in [0.1, 0.15) is 28.5 Å². The molecule has 0 bridgehead atoms. The summed E-state index contributed by atoms with van der Waals surface area (Å²) >= 11 is 12.9. The van der Waals surface area contributed by atoms with E-state index in [0.29, 0.717) is 18.2 Å². The van der Waals surface area contributed by atoms with Crippen molar-refractivity contribution in [2.24, 2.45) is 0 Å². The molecule has 37 heavy (non-hydrogen) atoms. The van der Waals surface area contributed by atoms with Gasteiger partial charge in [-0.15, -0.1) is 11.3 Å². The van der Waals surface area contributed by atoms with Crippen LogP contribution in [-0.2, 0) is 6.18 Å². The topological polar surface area (TPSA) is 97.3 Å². The van der Waals surface area contributed by atoms with E-state index in [9.17, 15) is 22.8 Å². The molecule has 3 aromatic rings. The minimum Gasteiger partial charge on any atom is -0.475 e. The highest BCUT2D eigenvalue weighted by Gasteiger charge is 2.33. The molecular formula is C23H22Cl2F3N5O3S. The number of halogens is 5. The maximum Gasteiger partial charge on any atom is 0.417 e. The number of hydrogen-bond acceptors (Lipinski definition) is 8. The smallest absolute Gasteiger partial charge is 0.417 e. The van der Waals surface area contributed by atoms with E-state index in [1.807, 2.05) is 19.0 Å². The molecule has 3 rings (SSSR count). The number of aromatic nitrogens is 3. The Morgan fingerprint density at radius 2 is 1.92 bits per heavy atom. The molecule has 0 saturated carbocycles. The maximum atomic E-state index is 13.1. The van der Waals surface area contributed by atoms with Crippen molar-refractivity contribution in [3.63, 3.8) is 0 Å². The Morgan fingerprint density at radius 3 is 2.59 bits per heavy atom. The Balaban J connectivity index is 1.66. The fourth-order valence-corrected chi connectivity index (χ4v) is 4.42. The van der Waals surface area contributed by atoms with E-state index in [1.54, 1.807) is 6.92 Å². The first-order chi connectivity index (χ1) is 17.4. The van der Waals surface area contributed by atoms with Gasteiger partial charge >= 0.3 is 6.18 Å². The summed E-state index contributed by atoms with van der Waals surface area (Å²) in [6, 6.07) is 3.08. The van der Waals surface area contributed by atoms with E-state index in [-0.39, 0.29) is 39.4 Å². The molecule has 0 aliphatic rings. The Hall–Kier alpha value is -2.80. The zero-order valence-electron chi connectivity index (χ0n) is 19.9. The molecular weight excluding hydrogens is 554 g/mol. The van der Waals surface area contributed by atoms with E-state index < -0.39 is 28.6 Å². The number of amides is 1. The lowest BCUT2D eigenvalue weighted by Crippen LogP contribution is -2.20. The minimum atomic E-state index is -4.66. The Bertz CT molecular complexity index is 1290. The molecule has 0 saturated heterocycles. The lowest BCUT2D eigenvalue weighted by Gasteiger charge is -2.12. The molecule has 14 heteroatoms. The van der Waals surface area contributed by atoms with E-state index >= 15 is 0 Å². The zero-order valence-corrected chi connectivity index (χ0v) is 22.2. The van der Waals surface area contributed by atoms with Crippen molar-refractivity contribution in [1.82, 2.24) is 19.9 Å². The van der Waals surface area contributed by atoms with Crippen molar-refractivity contribution in [3.05, 3.63) is 61.9 Å². The monoisotopic (exact) mass is 575 g/mol. The summed E-state index contributed by atoms with van der Waals surface area (Å²) in [5, 5.41) is 2.43. The third-order valence-corrected chi connectivity index (χ3v) is 6.89. The average molecular weight is 576 g/mol. The number of carbonyl (C=O) groups excluding carboxylic acids is 2. The number of likely N-dealkylation sites (N-methyl/N-ethyl adjacent to an activating group) is 1. The average Bonchev–Trinajstić information content (AvgIpc) is 3.31. The van der Waals surface area contributed by atoms with Crippen molar-refractivity contribution in [2.45, 2.75) is 25.4 Å². The Morgan fingerprint density at radius 1 is 1.19 bits per heavy atom. The van der Waals surface area contributed by atoms with Gasteiger partial charge in [0.15, 0.2) is 5.78 Å². The molecule has 0 spiro atoms. The summed E-state index contributed by atoms with van der Waals surface area (Å²) in [6.45, 7) is 2.70. The molecule has 2 aromatic heterocycles. The van der Waals surface area contributed by atoms with Crippen LogP contribution < -0.4 is 10.1 Å². The summed E-state index contributed by atoms with van der Waals surface area (Å²) in [5.41, 5.74) is -1.11. The third kappa shape index (κ3) is 7.60. The van der Waals surface area contributed by atoms with Gasteiger partial charge in [-0.1, -0.05) is 30.1 Å². The number of carbonyl (C=O) groups is 2. The molecule has 0 fully saturated rings. The highest BCUT2D eigenvalue weighted by Crippen LogP contribution is 2.36. The first kappa shape index (κ1) is 28.8. The first-order valence-electron chi connectivity index (χ1n) is 10.8. The lowest BCUT2D eigenvalue weighted by molar-refractivity contribution is -0.137. The lowest BCUT2D eigenvalue weighted by atomic mass is 10.0. The van der Waals surface area contributed by atoms with Gasteiger partial charge in [-0.05, 0) is 32.3 Å². The molecule has 1 atom stereocenters. The van der Waals surface area contributed by atoms with Crippen LogP contribution in [0.5, 0.6) is 5.88 Å². The summed E-state index contributed by atoms with van der Waals surface area (Å²) in [7, 11) is 3.77. The zero-order chi connectivity index (χ0) is 27.3. The summed E-state index contributed by atoms with van der Waals surface area (Å²) < 4.78 is 44.8. The number of hydrogen-bond donors (Lipinski definition) is 1. The van der Waals surface area contributed by atoms with Crippen LogP contribution in [0.3, 0.4) is 0 Å². The second-order valence-corrected chi connectivity index (χ2v) is 10.1. The van der Waals surface area contributed by atoms with Gasteiger partial charge < -0.3 is 15.0 Å². The number of anilines is 1. The van der Waals surface area contributed by atoms with Crippen LogP contribution in [0.2, 0.25) is 10.0 Å². The van der Waals surface area contributed by atoms with Gasteiger partial charge in [-0.25, -0.2) is 15.0 Å². The fourth-order valence-electron chi connectivity index (χ4n) is 3.07.